The molecule has 2 fully saturated rings. The highest BCUT2D eigenvalue weighted by Crippen LogP contribution is 2.49. The van der Waals surface area contributed by atoms with E-state index in [0.29, 0.717) is 12.5 Å². The zero-order valence-electron chi connectivity index (χ0n) is 11.7. The van der Waals surface area contributed by atoms with E-state index in [1.165, 1.54) is 0 Å². The van der Waals surface area contributed by atoms with E-state index in [-0.39, 0.29) is 0 Å². The third-order valence-corrected chi connectivity index (χ3v) is 5.29. The molecule has 1 unspecified atom stereocenters. The summed E-state index contributed by atoms with van der Waals surface area (Å²) in [7, 11) is 0. The van der Waals surface area contributed by atoms with Crippen molar-refractivity contribution in [2.75, 3.05) is 13.1 Å². The number of hydrogen-bond acceptors (Lipinski definition) is 3. The van der Waals surface area contributed by atoms with Crippen molar-refractivity contribution in [1.82, 2.24) is 5.32 Å². The standard InChI is InChI=1S/C15H26N2O/c1-12(2)13-4-7-14(10-16,8-5-13)15(18)6-3-9-17-11-15/h12-13,17-18H,3-9,11H2,1-2H3. The Bertz CT molecular complexity index is 318. The molecule has 1 saturated carbocycles. The first-order chi connectivity index (χ1) is 8.53. The average Bonchev–Trinajstić information content (AvgIpc) is 2.39. The van der Waals surface area contributed by atoms with Gasteiger partial charge in [0.1, 0.15) is 0 Å². The number of rotatable bonds is 2. The zero-order chi connectivity index (χ0) is 13.2. The Balaban J connectivity index is 2.11. The van der Waals surface area contributed by atoms with Crippen LogP contribution >= 0.6 is 0 Å². The highest BCUT2D eigenvalue weighted by Gasteiger charge is 2.52. The summed E-state index contributed by atoms with van der Waals surface area (Å²) in [6.45, 7) is 6.09. The first-order valence-electron chi connectivity index (χ1n) is 7.37. The van der Waals surface area contributed by atoms with Crippen LogP contribution in [0.2, 0.25) is 0 Å². The molecular formula is C15H26N2O. The highest BCUT2D eigenvalue weighted by molar-refractivity contribution is 5.14. The summed E-state index contributed by atoms with van der Waals surface area (Å²) >= 11 is 0. The van der Waals surface area contributed by atoms with Crippen LogP contribution < -0.4 is 5.32 Å². The number of nitrogens with zero attached hydrogens (tertiary/aromatic N) is 1. The summed E-state index contributed by atoms with van der Waals surface area (Å²) in [6.07, 6.45) is 5.67. The molecule has 18 heavy (non-hydrogen) atoms. The van der Waals surface area contributed by atoms with Gasteiger partial charge in [-0.3, -0.25) is 0 Å². The minimum Gasteiger partial charge on any atom is -0.387 e. The fraction of sp³-hybridized carbons (Fsp3) is 0.933. The Hall–Kier alpha value is -0.590. The van der Waals surface area contributed by atoms with E-state index in [0.717, 1.165) is 51.0 Å². The van der Waals surface area contributed by atoms with E-state index in [9.17, 15) is 10.4 Å². The molecule has 2 N–H and O–H groups in total. The summed E-state index contributed by atoms with van der Waals surface area (Å²) in [5, 5.41) is 23.8. The molecule has 1 aliphatic carbocycles. The van der Waals surface area contributed by atoms with Gasteiger partial charge in [-0.05, 0) is 56.9 Å². The number of nitrogens with one attached hydrogen (secondary N) is 1. The molecule has 1 atom stereocenters. The second kappa shape index (κ2) is 5.19. The van der Waals surface area contributed by atoms with E-state index in [1.54, 1.807) is 0 Å². The van der Waals surface area contributed by atoms with Crippen molar-refractivity contribution in [1.29, 1.82) is 5.26 Å². The van der Waals surface area contributed by atoms with E-state index < -0.39 is 11.0 Å². The van der Waals surface area contributed by atoms with Crippen molar-refractivity contribution < 1.29 is 5.11 Å². The number of aliphatic hydroxyl groups is 1. The Morgan fingerprint density at radius 1 is 1.28 bits per heavy atom. The minimum absolute atomic E-state index is 0.508. The van der Waals surface area contributed by atoms with E-state index in [2.05, 4.69) is 25.2 Å². The van der Waals surface area contributed by atoms with Gasteiger partial charge in [-0.2, -0.15) is 5.26 Å². The van der Waals surface area contributed by atoms with Gasteiger partial charge in [0.15, 0.2) is 0 Å². The molecule has 3 nitrogen and oxygen atoms in total. The van der Waals surface area contributed by atoms with Gasteiger partial charge in [-0.1, -0.05) is 13.8 Å². The molecule has 2 aliphatic rings. The minimum atomic E-state index is -0.804. The van der Waals surface area contributed by atoms with E-state index >= 15 is 0 Å². The van der Waals surface area contributed by atoms with Gasteiger partial charge in [0.2, 0.25) is 0 Å². The maximum Gasteiger partial charge on any atom is 0.0957 e. The van der Waals surface area contributed by atoms with Gasteiger partial charge in [0.25, 0.3) is 0 Å². The van der Waals surface area contributed by atoms with Crippen LogP contribution in [-0.2, 0) is 0 Å². The van der Waals surface area contributed by atoms with Crippen molar-refractivity contribution in [2.45, 2.75) is 58.0 Å². The molecule has 102 valence electrons. The Morgan fingerprint density at radius 2 is 1.94 bits per heavy atom. The number of hydrogen-bond donors (Lipinski definition) is 2. The first kappa shape index (κ1) is 13.8. The van der Waals surface area contributed by atoms with Crippen molar-refractivity contribution >= 4 is 0 Å². The lowest BCUT2D eigenvalue weighted by Gasteiger charge is -2.49. The normalized spacial score (nSPS) is 41.6. The van der Waals surface area contributed by atoms with Crippen LogP contribution in [0.15, 0.2) is 0 Å². The Kier molecular flexibility index (Phi) is 3.99. The number of β-amino-alcohol motifs (C(OH)–C–C–N with tert-alkyl or cyclic N) is 1. The van der Waals surface area contributed by atoms with Gasteiger partial charge < -0.3 is 10.4 Å². The second-order valence-corrected chi connectivity index (χ2v) is 6.59. The highest BCUT2D eigenvalue weighted by atomic mass is 16.3. The van der Waals surface area contributed by atoms with Crippen molar-refractivity contribution in [3.05, 3.63) is 0 Å². The molecule has 1 heterocycles. The van der Waals surface area contributed by atoms with Crippen molar-refractivity contribution in [2.24, 2.45) is 17.3 Å². The molecule has 0 spiro atoms. The molecule has 0 aromatic rings. The monoisotopic (exact) mass is 250 g/mol. The lowest BCUT2D eigenvalue weighted by atomic mass is 9.59. The summed E-state index contributed by atoms with van der Waals surface area (Å²) in [4.78, 5) is 0. The molecule has 1 saturated heterocycles. The molecule has 0 aromatic heterocycles. The van der Waals surface area contributed by atoms with Gasteiger partial charge in [0.05, 0.1) is 17.1 Å². The van der Waals surface area contributed by atoms with Crippen LogP contribution in [-0.4, -0.2) is 23.8 Å². The zero-order valence-corrected chi connectivity index (χ0v) is 11.7. The van der Waals surface area contributed by atoms with Crippen LogP contribution in [0.25, 0.3) is 0 Å². The van der Waals surface area contributed by atoms with Gasteiger partial charge >= 0.3 is 0 Å². The summed E-state index contributed by atoms with van der Waals surface area (Å²) in [5.41, 5.74) is -1.31. The molecule has 0 amide bonds. The molecule has 0 radical (unpaired) electrons. The topological polar surface area (TPSA) is 56.0 Å². The van der Waals surface area contributed by atoms with Crippen LogP contribution in [0.3, 0.4) is 0 Å². The molecule has 3 heteroatoms. The fourth-order valence-corrected chi connectivity index (χ4v) is 3.78. The Morgan fingerprint density at radius 3 is 2.39 bits per heavy atom. The summed E-state index contributed by atoms with van der Waals surface area (Å²) in [6, 6.07) is 2.50. The molecule has 0 bridgehead atoms. The maximum absolute atomic E-state index is 10.9. The van der Waals surface area contributed by atoms with Gasteiger partial charge in [-0.25, -0.2) is 0 Å². The SMILES string of the molecule is CC(C)C1CCC(C#N)(C2(O)CCCNC2)CC1. The lowest BCUT2D eigenvalue weighted by molar-refractivity contribution is -0.0937. The predicted molar refractivity (Wildman–Crippen MR) is 71.9 cm³/mol. The summed E-state index contributed by atoms with van der Waals surface area (Å²) in [5.74, 6) is 1.42. The van der Waals surface area contributed by atoms with Crippen molar-refractivity contribution in [3.8, 4) is 6.07 Å². The first-order valence-corrected chi connectivity index (χ1v) is 7.37. The van der Waals surface area contributed by atoms with E-state index in [1.807, 2.05) is 0 Å². The lowest BCUT2D eigenvalue weighted by Crippen LogP contribution is -2.58. The third kappa shape index (κ3) is 2.29. The van der Waals surface area contributed by atoms with Crippen LogP contribution in [0, 0.1) is 28.6 Å². The van der Waals surface area contributed by atoms with E-state index in [4.69, 9.17) is 0 Å². The number of piperidine rings is 1. The van der Waals surface area contributed by atoms with Gasteiger partial charge in [0, 0.05) is 6.54 Å². The fourth-order valence-electron chi connectivity index (χ4n) is 3.78. The van der Waals surface area contributed by atoms with Crippen molar-refractivity contribution in [3.63, 3.8) is 0 Å². The molecular weight excluding hydrogens is 224 g/mol. The maximum atomic E-state index is 10.9. The quantitative estimate of drug-likeness (QED) is 0.791. The summed E-state index contributed by atoms with van der Waals surface area (Å²) < 4.78 is 0. The molecule has 1 aliphatic heterocycles. The number of nitriles is 1. The molecule has 0 aromatic carbocycles. The average molecular weight is 250 g/mol. The molecule has 2 rings (SSSR count). The van der Waals surface area contributed by atoms with Gasteiger partial charge in [-0.15, -0.1) is 0 Å². The smallest absolute Gasteiger partial charge is 0.0957 e. The second-order valence-electron chi connectivity index (χ2n) is 6.59. The third-order valence-electron chi connectivity index (χ3n) is 5.29. The van der Waals surface area contributed by atoms with Crippen LogP contribution in [0.5, 0.6) is 0 Å². The predicted octanol–water partition coefficient (Wildman–Crippen LogP) is 2.46. The largest absolute Gasteiger partial charge is 0.387 e. The van der Waals surface area contributed by atoms with Crippen LogP contribution in [0.1, 0.15) is 52.4 Å². The van der Waals surface area contributed by atoms with Crippen LogP contribution in [0.4, 0.5) is 0 Å². The Labute approximate surface area is 111 Å².